The molecule has 4 amide bonds. The molecule has 0 spiro atoms. The maximum atomic E-state index is 13.0. The smallest absolute Gasteiger partial charge is 0.326 e. The average molecular weight is 488 g/mol. The maximum absolute atomic E-state index is 13.0. The van der Waals surface area contributed by atoms with Gasteiger partial charge in [-0.3, -0.25) is 19.2 Å². The van der Waals surface area contributed by atoms with Crippen LogP contribution < -0.4 is 27.0 Å². The fraction of sp³-hybridized carbons (Fsp3) is 0.762. The van der Waals surface area contributed by atoms with Crippen molar-refractivity contribution in [2.75, 3.05) is 18.6 Å². The molecular weight excluding hydrogens is 450 g/mol. The summed E-state index contributed by atoms with van der Waals surface area (Å²) in [7, 11) is 0. The van der Waals surface area contributed by atoms with Gasteiger partial charge in [0.25, 0.3) is 0 Å². The Hall–Kier alpha value is -2.34. The molecule has 0 bridgehead atoms. The minimum atomic E-state index is -1.31. The van der Waals surface area contributed by atoms with Crippen molar-refractivity contribution in [1.29, 1.82) is 0 Å². The van der Waals surface area contributed by atoms with Crippen LogP contribution in [0.2, 0.25) is 0 Å². The lowest BCUT2D eigenvalue weighted by atomic mass is 10.0. The highest BCUT2D eigenvalue weighted by Gasteiger charge is 2.31. The van der Waals surface area contributed by atoms with Gasteiger partial charge in [-0.25, -0.2) is 4.79 Å². The molecule has 0 saturated carbocycles. The molecule has 0 aromatic heterocycles. The fourth-order valence-corrected chi connectivity index (χ4v) is 3.95. The van der Waals surface area contributed by atoms with Crippen LogP contribution in [-0.4, -0.2) is 77.4 Å². The van der Waals surface area contributed by atoms with E-state index in [2.05, 4.69) is 21.3 Å². The molecule has 188 valence electrons. The van der Waals surface area contributed by atoms with E-state index in [9.17, 15) is 29.1 Å². The van der Waals surface area contributed by atoms with Crippen LogP contribution in [-0.2, 0) is 24.0 Å². The first-order chi connectivity index (χ1) is 15.5. The second kappa shape index (κ2) is 14.7. The zero-order valence-electron chi connectivity index (χ0n) is 19.5. The number of amides is 4. The largest absolute Gasteiger partial charge is 0.480 e. The van der Waals surface area contributed by atoms with E-state index in [1.165, 1.54) is 11.8 Å². The van der Waals surface area contributed by atoms with Gasteiger partial charge < -0.3 is 32.1 Å². The number of nitrogens with two attached hydrogens (primary N) is 1. The van der Waals surface area contributed by atoms with Crippen LogP contribution in [0.5, 0.6) is 0 Å². The summed E-state index contributed by atoms with van der Waals surface area (Å²) in [4.78, 5) is 60.8. The number of carboxylic acids is 1. The lowest BCUT2D eigenvalue weighted by molar-refractivity contribution is -0.142. The van der Waals surface area contributed by atoms with Crippen LogP contribution in [0.1, 0.15) is 52.4 Å². The van der Waals surface area contributed by atoms with Crippen molar-refractivity contribution in [3.63, 3.8) is 0 Å². The molecule has 1 heterocycles. The number of carbonyl (C=O) groups excluding carboxylic acids is 4. The number of rotatable bonds is 15. The number of aliphatic carboxylic acids is 1. The van der Waals surface area contributed by atoms with Gasteiger partial charge in [-0.2, -0.15) is 11.8 Å². The Morgan fingerprint density at radius 3 is 2.18 bits per heavy atom. The van der Waals surface area contributed by atoms with Crippen LogP contribution in [0.4, 0.5) is 0 Å². The van der Waals surface area contributed by atoms with Gasteiger partial charge in [0.15, 0.2) is 0 Å². The van der Waals surface area contributed by atoms with Crippen LogP contribution in [0.3, 0.4) is 0 Å². The second-order valence-electron chi connectivity index (χ2n) is 8.59. The summed E-state index contributed by atoms with van der Waals surface area (Å²) in [6, 6.07) is -3.46. The highest BCUT2D eigenvalue weighted by atomic mass is 32.2. The Balaban J connectivity index is 2.88. The zero-order chi connectivity index (χ0) is 25.0. The number of primary amides is 1. The van der Waals surface area contributed by atoms with Crippen LogP contribution in [0.25, 0.3) is 0 Å². The molecule has 1 aliphatic rings. The van der Waals surface area contributed by atoms with E-state index >= 15 is 0 Å². The van der Waals surface area contributed by atoms with Crippen molar-refractivity contribution in [1.82, 2.24) is 21.3 Å². The summed E-state index contributed by atoms with van der Waals surface area (Å²) < 4.78 is 0. The van der Waals surface area contributed by atoms with Gasteiger partial charge in [-0.05, 0) is 56.6 Å². The lowest BCUT2D eigenvalue weighted by Gasteiger charge is -2.26. The molecule has 12 heteroatoms. The van der Waals surface area contributed by atoms with Gasteiger partial charge in [-0.1, -0.05) is 13.8 Å². The molecule has 1 aliphatic heterocycles. The molecule has 4 unspecified atom stereocenters. The standard InChI is InChI=1S/C21H37N5O6S/c1-12(2)11-16(26-18(28)13-5-4-9-23-13)20(30)24-14(8-10-33-3)19(29)25-15(21(31)32)6-7-17(22)27/h12-16,23H,4-11H2,1-3H3,(H2,22,27)(H,24,30)(H,25,29)(H,26,28)(H,31,32). The minimum Gasteiger partial charge on any atom is -0.480 e. The third kappa shape index (κ3) is 10.9. The average Bonchev–Trinajstić information content (AvgIpc) is 3.27. The number of carbonyl (C=O) groups is 5. The molecule has 0 aromatic carbocycles. The highest BCUT2D eigenvalue weighted by Crippen LogP contribution is 2.10. The predicted octanol–water partition coefficient (Wildman–Crippen LogP) is -0.658. The van der Waals surface area contributed by atoms with Gasteiger partial charge >= 0.3 is 5.97 Å². The van der Waals surface area contributed by atoms with E-state index in [-0.39, 0.29) is 37.1 Å². The molecule has 4 atom stereocenters. The lowest BCUT2D eigenvalue weighted by Crippen LogP contribution is -2.57. The first-order valence-corrected chi connectivity index (χ1v) is 12.6. The Kier molecular flexibility index (Phi) is 12.8. The quantitative estimate of drug-likeness (QED) is 0.176. The molecule has 11 nitrogen and oxygen atoms in total. The van der Waals surface area contributed by atoms with Crippen LogP contribution in [0, 0.1) is 5.92 Å². The number of nitrogens with one attached hydrogen (secondary N) is 4. The first kappa shape index (κ1) is 28.7. The topological polar surface area (TPSA) is 180 Å². The van der Waals surface area contributed by atoms with Gasteiger partial charge in [0.05, 0.1) is 6.04 Å². The molecule has 0 aromatic rings. The molecular formula is C21H37N5O6S. The Bertz CT molecular complexity index is 699. The van der Waals surface area contributed by atoms with Crippen molar-refractivity contribution in [3.05, 3.63) is 0 Å². The Morgan fingerprint density at radius 2 is 1.67 bits per heavy atom. The molecule has 1 rings (SSSR count). The van der Waals surface area contributed by atoms with Gasteiger partial charge in [0.1, 0.15) is 18.1 Å². The van der Waals surface area contributed by atoms with Crippen LogP contribution >= 0.6 is 11.8 Å². The predicted molar refractivity (Wildman–Crippen MR) is 125 cm³/mol. The normalized spacial score (nSPS) is 18.2. The zero-order valence-corrected chi connectivity index (χ0v) is 20.3. The van der Waals surface area contributed by atoms with E-state index < -0.39 is 41.8 Å². The van der Waals surface area contributed by atoms with E-state index in [4.69, 9.17) is 5.73 Å². The number of thioether (sulfide) groups is 1. The summed E-state index contributed by atoms with van der Waals surface area (Å²) in [6.07, 6.45) is 3.74. The fourth-order valence-electron chi connectivity index (χ4n) is 3.48. The monoisotopic (exact) mass is 487 g/mol. The third-order valence-corrected chi connectivity index (χ3v) is 5.90. The summed E-state index contributed by atoms with van der Waals surface area (Å²) in [5.41, 5.74) is 5.08. The summed E-state index contributed by atoms with van der Waals surface area (Å²) in [5.74, 6) is -2.73. The number of hydrogen-bond acceptors (Lipinski definition) is 7. The number of hydrogen-bond donors (Lipinski definition) is 6. The number of carboxylic acid groups (broad SMARTS) is 1. The van der Waals surface area contributed by atoms with Crippen molar-refractivity contribution in [2.24, 2.45) is 11.7 Å². The van der Waals surface area contributed by atoms with Gasteiger partial charge in [-0.15, -0.1) is 0 Å². The van der Waals surface area contributed by atoms with Crippen molar-refractivity contribution in [3.8, 4) is 0 Å². The van der Waals surface area contributed by atoms with E-state index in [1.807, 2.05) is 20.1 Å². The maximum Gasteiger partial charge on any atom is 0.326 e. The Labute approximate surface area is 198 Å². The Morgan fingerprint density at radius 1 is 1.03 bits per heavy atom. The highest BCUT2D eigenvalue weighted by molar-refractivity contribution is 7.98. The van der Waals surface area contributed by atoms with Crippen molar-refractivity contribution >= 4 is 41.4 Å². The van der Waals surface area contributed by atoms with Crippen molar-refractivity contribution < 1.29 is 29.1 Å². The van der Waals surface area contributed by atoms with E-state index in [0.717, 1.165) is 13.0 Å². The van der Waals surface area contributed by atoms with Gasteiger partial charge in [0.2, 0.25) is 23.6 Å². The summed E-state index contributed by atoms with van der Waals surface area (Å²) >= 11 is 1.47. The molecule has 0 radical (unpaired) electrons. The third-order valence-electron chi connectivity index (χ3n) is 5.25. The van der Waals surface area contributed by atoms with Crippen molar-refractivity contribution in [2.45, 2.75) is 76.5 Å². The minimum absolute atomic E-state index is 0.112. The van der Waals surface area contributed by atoms with Crippen LogP contribution in [0.15, 0.2) is 0 Å². The molecule has 7 N–H and O–H groups in total. The molecule has 33 heavy (non-hydrogen) atoms. The second-order valence-corrected chi connectivity index (χ2v) is 9.57. The summed E-state index contributed by atoms with van der Waals surface area (Å²) in [5, 5.41) is 20.3. The molecule has 0 aliphatic carbocycles. The molecule has 1 fully saturated rings. The van der Waals surface area contributed by atoms with E-state index in [0.29, 0.717) is 18.6 Å². The van der Waals surface area contributed by atoms with Gasteiger partial charge in [0, 0.05) is 6.42 Å². The SMILES string of the molecule is CSCCC(NC(=O)C(CC(C)C)NC(=O)C1CCCN1)C(=O)NC(CCC(N)=O)C(=O)O. The first-order valence-electron chi connectivity index (χ1n) is 11.2. The summed E-state index contributed by atoms with van der Waals surface area (Å²) in [6.45, 7) is 4.60. The van der Waals surface area contributed by atoms with E-state index in [1.54, 1.807) is 0 Å². The molecule has 1 saturated heterocycles.